The Balaban J connectivity index is 1.89. The lowest BCUT2D eigenvalue weighted by Gasteiger charge is -2.40. The van der Waals surface area contributed by atoms with Crippen molar-refractivity contribution >= 4 is 5.97 Å². The van der Waals surface area contributed by atoms with Gasteiger partial charge in [0.2, 0.25) is 0 Å². The molecule has 1 saturated carbocycles. The van der Waals surface area contributed by atoms with Crippen LogP contribution in [-0.4, -0.2) is 23.3 Å². The third-order valence-electron chi connectivity index (χ3n) is 4.69. The summed E-state index contributed by atoms with van der Waals surface area (Å²) in [7, 11) is 0. The largest absolute Gasteiger partial charge is 0.459 e. The Morgan fingerprint density at radius 2 is 1.39 bits per heavy atom. The predicted octanol–water partition coefficient (Wildman–Crippen LogP) is 3.64. The maximum Gasteiger partial charge on any atom is 0.303 e. The second-order valence-electron chi connectivity index (χ2n) is 6.18. The molecular formula is C20H22O3. The molecule has 1 fully saturated rings. The summed E-state index contributed by atoms with van der Waals surface area (Å²) in [6.45, 7) is 1.40. The average Bonchev–Trinajstić information content (AvgIpc) is 2.58. The minimum absolute atomic E-state index is 0.000474. The van der Waals surface area contributed by atoms with Crippen molar-refractivity contribution in [1.82, 2.24) is 0 Å². The Bertz CT molecular complexity index is 638. The first-order chi connectivity index (χ1) is 11.2. The average molecular weight is 310 g/mol. The number of ether oxygens (including phenoxy) is 1. The molecule has 3 nitrogen and oxygen atoms in total. The van der Waals surface area contributed by atoms with E-state index < -0.39 is 12.2 Å². The first-order valence-corrected chi connectivity index (χ1v) is 8.12. The molecule has 4 atom stereocenters. The zero-order valence-electron chi connectivity index (χ0n) is 13.3. The summed E-state index contributed by atoms with van der Waals surface area (Å²) >= 11 is 0. The van der Waals surface area contributed by atoms with Gasteiger partial charge < -0.3 is 9.84 Å². The van der Waals surface area contributed by atoms with Crippen molar-refractivity contribution in [3.63, 3.8) is 0 Å². The minimum Gasteiger partial charge on any atom is -0.459 e. The molecule has 0 saturated heterocycles. The van der Waals surface area contributed by atoms with Crippen LogP contribution in [-0.2, 0) is 9.53 Å². The zero-order valence-corrected chi connectivity index (χ0v) is 13.3. The van der Waals surface area contributed by atoms with Gasteiger partial charge in [-0.2, -0.15) is 0 Å². The van der Waals surface area contributed by atoms with Gasteiger partial charge in [-0.05, 0) is 24.0 Å². The van der Waals surface area contributed by atoms with Crippen molar-refractivity contribution < 1.29 is 14.6 Å². The van der Waals surface area contributed by atoms with Crippen LogP contribution in [0.2, 0.25) is 0 Å². The molecule has 0 bridgehead atoms. The molecule has 0 spiro atoms. The Labute approximate surface area is 136 Å². The first kappa shape index (κ1) is 15.8. The number of hydrogen-bond donors (Lipinski definition) is 1. The lowest BCUT2D eigenvalue weighted by atomic mass is 9.72. The first-order valence-electron chi connectivity index (χ1n) is 8.12. The Hall–Kier alpha value is -2.13. The van der Waals surface area contributed by atoms with Gasteiger partial charge in [0.15, 0.2) is 0 Å². The second-order valence-corrected chi connectivity index (χ2v) is 6.18. The van der Waals surface area contributed by atoms with Crippen molar-refractivity contribution in [2.45, 2.75) is 43.8 Å². The van der Waals surface area contributed by atoms with E-state index in [1.54, 1.807) is 0 Å². The zero-order chi connectivity index (χ0) is 16.2. The highest BCUT2D eigenvalue weighted by atomic mass is 16.6. The standard InChI is InChI=1S/C20H22O3/c1-14(21)23-20-18(16-10-6-3-7-11-16)13-12-17(19(20)22)15-8-4-2-5-9-15/h2-11,17-20,22H,12-13H2,1H3/t17-,18-,19+,20-/m1/s1. The topological polar surface area (TPSA) is 46.5 Å². The Morgan fingerprint density at radius 1 is 0.913 bits per heavy atom. The molecule has 23 heavy (non-hydrogen) atoms. The van der Waals surface area contributed by atoms with Crippen LogP contribution in [0.1, 0.15) is 42.7 Å². The van der Waals surface area contributed by atoms with Crippen LogP contribution in [0.15, 0.2) is 60.7 Å². The van der Waals surface area contributed by atoms with Crippen LogP contribution < -0.4 is 0 Å². The summed E-state index contributed by atoms with van der Waals surface area (Å²) in [6.07, 6.45) is 0.565. The number of aliphatic hydroxyl groups excluding tert-OH is 1. The maximum absolute atomic E-state index is 11.5. The molecule has 3 heteroatoms. The van der Waals surface area contributed by atoms with Gasteiger partial charge in [-0.25, -0.2) is 0 Å². The highest BCUT2D eigenvalue weighted by molar-refractivity contribution is 5.66. The number of hydrogen-bond acceptors (Lipinski definition) is 3. The summed E-state index contributed by atoms with van der Waals surface area (Å²) < 4.78 is 5.53. The van der Waals surface area contributed by atoms with Crippen molar-refractivity contribution in [1.29, 1.82) is 0 Å². The molecule has 0 aromatic heterocycles. The fraction of sp³-hybridized carbons (Fsp3) is 0.350. The number of rotatable bonds is 3. The number of benzene rings is 2. The molecule has 0 aliphatic heterocycles. The van der Waals surface area contributed by atoms with Gasteiger partial charge in [-0.1, -0.05) is 60.7 Å². The van der Waals surface area contributed by atoms with Crippen molar-refractivity contribution in [2.75, 3.05) is 0 Å². The van der Waals surface area contributed by atoms with Crippen LogP contribution in [0.5, 0.6) is 0 Å². The van der Waals surface area contributed by atoms with Gasteiger partial charge in [0.1, 0.15) is 6.10 Å². The lowest BCUT2D eigenvalue weighted by molar-refractivity contribution is -0.158. The molecule has 0 amide bonds. The van der Waals surface area contributed by atoms with Crippen LogP contribution in [0.3, 0.4) is 0 Å². The summed E-state index contributed by atoms with van der Waals surface area (Å²) in [6, 6.07) is 20.0. The molecule has 120 valence electrons. The van der Waals surface area contributed by atoms with Crippen LogP contribution in [0.25, 0.3) is 0 Å². The smallest absolute Gasteiger partial charge is 0.303 e. The van der Waals surface area contributed by atoms with Gasteiger partial charge in [-0.15, -0.1) is 0 Å². The van der Waals surface area contributed by atoms with E-state index in [2.05, 4.69) is 0 Å². The van der Waals surface area contributed by atoms with Gasteiger partial charge in [0.05, 0.1) is 6.10 Å². The van der Waals surface area contributed by atoms with E-state index in [1.165, 1.54) is 6.92 Å². The molecular weight excluding hydrogens is 288 g/mol. The molecule has 1 aliphatic carbocycles. The van der Waals surface area contributed by atoms with E-state index in [1.807, 2.05) is 60.7 Å². The van der Waals surface area contributed by atoms with E-state index in [-0.39, 0.29) is 17.8 Å². The molecule has 0 radical (unpaired) electrons. The summed E-state index contributed by atoms with van der Waals surface area (Å²) in [5.41, 5.74) is 2.22. The monoisotopic (exact) mass is 310 g/mol. The van der Waals surface area contributed by atoms with E-state index in [0.29, 0.717) is 0 Å². The minimum atomic E-state index is -0.694. The van der Waals surface area contributed by atoms with Gasteiger partial charge in [0, 0.05) is 18.8 Å². The van der Waals surface area contributed by atoms with Crippen LogP contribution in [0.4, 0.5) is 0 Å². The third-order valence-corrected chi connectivity index (χ3v) is 4.69. The predicted molar refractivity (Wildman–Crippen MR) is 89.2 cm³/mol. The lowest BCUT2D eigenvalue weighted by Crippen LogP contribution is -2.43. The van der Waals surface area contributed by atoms with E-state index >= 15 is 0 Å². The molecule has 3 rings (SSSR count). The SMILES string of the molecule is CC(=O)O[C@H]1[C@@H](O)[C@@H](c2ccccc2)CC[C@@H]1c1ccccc1. The number of esters is 1. The number of carbonyl (C=O) groups excluding carboxylic acids is 1. The summed E-state index contributed by atoms with van der Waals surface area (Å²) in [5.74, 6) is -0.306. The van der Waals surface area contributed by atoms with Gasteiger partial charge >= 0.3 is 5.97 Å². The number of aliphatic hydroxyl groups is 1. The Morgan fingerprint density at radius 3 is 1.91 bits per heavy atom. The van der Waals surface area contributed by atoms with E-state index in [4.69, 9.17) is 4.74 Å². The number of carbonyl (C=O) groups is 1. The highest BCUT2D eigenvalue weighted by Crippen LogP contribution is 2.42. The maximum atomic E-state index is 11.5. The fourth-order valence-corrected chi connectivity index (χ4v) is 3.63. The molecule has 1 aliphatic rings. The van der Waals surface area contributed by atoms with E-state index in [0.717, 1.165) is 24.0 Å². The normalized spacial score (nSPS) is 27.4. The van der Waals surface area contributed by atoms with Gasteiger partial charge in [0.25, 0.3) is 0 Å². The Kier molecular flexibility index (Phi) is 4.77. The van der Waals surface area contributed by atoms with Crippen molar-refractivity contribution in [3.05, 3.63) is 71.8 Å². The van der Waals surface area contributed by atoms with Crippen molar-refractivity contribution in [3.8, 4) is 0 Å². The molecule has 2 aromatic rings. The highest BCUT2D eigenvalue weighted by Gasteiger charge is 2.41. The molecule has 1 N–H and O–H groups in total. The third kappa shape index (κ3) is 3.45. The van der Waals surface area contributed by atoms with Gasteiger partial charge in [-0.3, -0.25) is 4.79 Å². The second kappa shape index (κ2) is 6.97. The summed E-state index contributed by atoms with van der Waals surface area (Å²) in [5, 5.41) is 10.9. The van der Waals surface area contributed by atoms with Crippen LogP contribution >= 0.6 is 0 Å². The molecule has 2 aromatic carbocycles. The molecule has 0 unspecified atom stereocenters. The van der Waals surface area contributed by atoms with E-state index in [9.17, 15) is 9.90 Å². The molecule has 0 heterocycles. The summed E-state index contributed by atoms with van der Waals surface area (Å²) in [4.78, 5) is 11.5. The van der Waals surface area contributed by atoms with Crippen LogP contribution in [0, 0.1) is 0 Å². The quantitative estimate of drug-likeness (QED) is 0.880. The van der Waals surface area contributed by atoms with Crippen molar-refractivity contribution in [2.24, 2.45) is 0 Å². The fourth-order valence-electron chi connectivity index (χ4n) is 3.63.